The Morgan fingerprint density at radius 3 is 2.94 bits per heavy atom. The van der Waals surface area contributed by atoms with Crippen LogP contribution in [0.25, 0.3) is 0 Å². The number of hydrogen-bond donors (Lipinski definition) is 0. The molecule has 0 atom stereocenters. The van der Waals surface area contributed by atoms with Crippen molar-refractivity contribution in [3.63, 3.8) is 0 Å². The fourth-order valence-electron chi connectivity index (χ4n) is 1.15. The van der Waals surface area contributed by atoms with E-state index in [0.717, 1.165) is 11.3 Å². The molecule has 0 aliphatic carbocycles. The summed E-state index contributed by atoms with van der Waals surface area (Å²) in [7, 11) is 1.63. The third kappa shape index (κ3) is 2.75. The molecule has 16 heavy (non-hydrogen) atoms. The minimum Gasteiger partial charge on any atom is -0.497 e. The van der Waals surface area contributed by atoms with Crippen molar-refractivity contribution in [2.24, 2.45) is 0 Å². The minimum atomic E-state index is 0.509. The first-order chi connectivity index (χ1) is 7.78. The highest BCUT2D eigenvalue weighted by Crippen LogP contribution is 2.15. The van der Waals surface area contributed by atoms with Crippen molar-refractivity contribution in [3.05, 3.63) is 45.4 Å². The van der Waals surface area contributed by atoms with Gasteiger partial charge in [0.15, 0.2) is 4.47 Å². The second-order valence-electron chi connectivity index (χ2n) is 2.97. The third-order valence-electron chi connectivity index (χ3n) is 1.88. The summed E-state index contributed by atoms with van der Waals surface area (Å²) in [5.74, 6) is 6.74. The van der Waals surface area contributed by atoms with E-state index in [1.165, 1.54) is 11.3 Å². The maximum Gasteiger partial charge on any atom is 0.184 e. The van der Waals surface area contributed by atoms with Crippen molar-refractivity contribution in [2.45, 2.75) is 0 Å². The van der Waals surface area contributed by atoms with Crippen LogP contribution in [-0.4, -0.2) is 12.1 Å². The lowest BCUT2D eigenvalue weighted by atomic mass is 10.2. The Morgan fingerprint density at radius 2 is 2.25 bits per heavy atom. The van der Waals surface area contributed by atoms with E-state index in [-0.39, 0.29) is 0 Å². The van der Waals surface area contributed by atoms with Crippen LogP contribution in [-0.2, 0) is 0 Å². The lowest BCUT2D eigenvalue weighted by Gasteiger charge is -1.97. The smallest absolute Gasteiger partial charge is 0.184 e. The SMILES string of the molecule is COc1cccc(C#Cc2csc(Cl)n2)c1. The molecule has 1 aromatic carbocycles. The molecular weight excluding hydrogens is 242 g/mol. The molecule has 1 aromatic heterocycles. The van der Waals surface area contributed by atoms with Crippen LogP contribution in [0.5, 0.6) is 5.75 Å². The minimum absolute atomic E-state index is 0.509. The van der Waals surface area contributed by atoms with E-state index in [2.05, 4.69) is 16.8 Å². The Labute approximate surface area is 103 Å². The van der Waals surface area contributed by atoms with Crippen LogP contribution in [0.3, 0.4) is 0 Å². The van der Waals surface area contributed by atoms with E-state index in [1.54, 1.807) is 7.11 Å². The van der Waals surface area contributed by atoms with Crippen LogP contribution in [0, 0.1) is 11.8 Å². The van der Waals surface area contributed by atoms with Gasteiger partial charge in [-0.05, 0) is 24.1 Å². The normalized spacial score (nSPS) is 9.38. The number of halogens is 1. The van der Waals surface area contributed by atoms with Crippen molar-refractivity contribution in [1.29, 1.82) is 0 Å². The molecule has 0 aliphatic rings. The summed E-state index contributed by atoms with van der Waals surface area (Å²) in [6, 6.07) is 7.58. The average Bonchev–Trinajstić information content (AvgIpc) is 2.73. The lowest BCUT2D eigenvalue weighted by Crippen LogP contribution is -1.83. The summed E-state index contributed by atoms with van der Waals surface area (Å²) in [6.45, 7) is 0. The number of rotatable bonds is 1. The summed E-state index contributed by atoms with van der Waals surface area (Å²) >= 11 is 7.08. The lowest BCUT2D eigenvalue weighted by molar-refractivity contribution is 0.414. The van der Waals surface area contributed by atoms with Gasteiger partial charge in [-0.25, -0.2) is 4.98 Å². The highest BCUT2D eigenvalue weighted by molar-refractivity contribution is 7.14. The number of ether oxygens (including phenoxy) is 1. The fraction of sp³-hybridized carbons (Fsp3) is 0.0833. The fourth-order valence-corrected chi connectivity index (χ4v) is 1.84. The third-order valence-corrected chi connectivity index (χ3v) is 2.86. The van der Waals surface area contributed by atoms with Gasteiger partial charge in [0, 0.05) is 10.9 Å². The molecule has 0 amide bonds. The largest absolute Gasteiger partial charge is 0.497 e. The molecule has 80 valence electrons. The Morgan fingerprint density at radius 1 is 1.38 bits per heavy atom. The molecule has 0 aliphatic heterocycles. The molecule has 2 rings (SSSR count). The molecule has 0 fully saturated rings. The van der Waals surface area contributed by atoms with Gasteiger partial charge in [-0.3, -0.25) is 0 Å². The molecule has 0 spiro atoms. The van der Waals surface area contributed by atoms with Gasteiger partial charge < -0.3 is 4.74 Å². The number of nitrogens with zero attached hydrogens (tertiary/aromatic N) is 1. The predicted molar refractivity (Wildman–Crippen MR) is 66.1 cm³/mol. The second-order valence-corrected chi connectivity index (χ2v) is 4.41. The summed E-state index contributed by atoms with van der Waals surface area (Å²) in [5.41, 5.74) is 1.58. The van der Waals surface area contributed by atoms with Gasteiger partial charge in [-0.15, -0.1) is 11.3 Å². The number of thiazole rings is 1. The molecule has 0 saturated heterocycles. The molecule has 0 radical (unpaired) electrons. The second kappa shape index (κ2) is 5.02. The molecule has 0 unspecified atom stereocenters. The van der Waals surface area contributed by atoms with Gasteiger partial charge in [0.1, 0.15) is 11.4 Å². The van der Waals surface area contributed by atoms with Gasteiger partial charge >= 0.3 is 0 Å². The first kappa shape index (κ1) is 11.0. The molecule has 0 bridgehead atoms. The Bertz CT molecular complexity index is 553. The Balaban J connectivity index is 2.23. The standard InChI is InChI=1S/C12H8ClNOS/c1-15-11-4-2-3-9(7-11)5-6-10-8-16-12(13)14-10/h2-4,7-8H,1H3. The van der Waals surface area contributed by atoms with Crippen LogP contribution in [0.2, 0.25) is 4.47 Å². The maximum atomic E-state index is 5.71. The Hall–Kier alpha value is -1.50. The summed E-state index contributed by atoms with van der Waals surface area (Å²) in [4.78, 5) is 4.05. The molecule has 2 aromatic rings. The summed E-state index contributed by atoms with van der Waals surface area (Å²) < 4.78 is 5.62. The quantitative estimate of drug-likeness (QED) is 0.724. The summed E-state index contributed by atoms with van der Waals surface area (Å²) in [6.07, 6.45) is 0. The zero-order chi connectivity index (χ0) is 11.4. The monoisotopic (exact) mass is 249 g/mol. The van der Waals surface area contributed by atoms with Crippen LogP contribution in [0.1, 0.15) is 11.3 Å². The van der Waals surface area contributed by atoms with Crippen LogP contribution < -0.4 is 4.74 Å². The molecule has 4 heteroatoms. The van der Waals surface area contributed by atoms with Gasteiger partial charge in [-0.1, -0.05) is 23.6 Å². The topological polar surface area (TPSA) is 22.1 Å². The van der Waals surface area contributed by atoms with Crippen molar-refractivity contribution in [2.75, 3.05) is 7.11 Å². The predicted octanol–water partition coefficient (Wildman–Crippen LogP) is 3.20. The average molecular weight is 250 g/mol. The van der Waals surface area contributed by atoms with E-state index >= 15 is 0 Å². The van der Waals surface area contributed by atoms with Crippen LogP contribution in [0.15, 0.2) is 29.6 Å². The van der Waals surface area contributed by atoms with E-state index in [9.17, 15) is 0 Å². The molecular formula is C12H8ClNOS. The first-order valence-electron chi connectivity index (χ1n) is 4.55. The van der Waals surface area contributed by atoms with Gasteiger partial charge in [0.25, 0.3) is 0 Å². The number of benzene rings is 1. The van der Waals surface area contributed by atoms with Crippen LogP contribution >= 0.6 is 22.9 Å². The molecule has 0 N–H and O–H groups in total. The van der Waals surface area contributed by atoms with Crippen LogP contribution in [0.4, 0.5) is 0 Å². The number of aromatic nitrogens is 1. The van der Waals surface area contributed by atoms with Crippen molar-refractivity contribution in [3.8, 4) is 17.6 Å². The maximum absolute atomic E-state index is 5.71. The van der Waals surface area contributed by atoms with Gasteiger partial charge in [0.05, 0.1) is 7.11 Å². The van der Waals surface area contributed by atoms with Crippen molar-refractivity contribution in [1.82, 2.24) is 4.98 Å². The zero-order valence-corrected chi connectivity index (χ0v) is 10.1. The Kier molecular flexibility index (Phi) is 3.45. The number of hydrogen-bond acceptors (Lipinski definition) is 3. The van der Waals surface area contributed by atoms with Gasteiger partial charge in [0.2, 0.25) is 0 Å². The highest BCUT2D eigenvalue weighted by atomic mass is 35.5. The molecule has 1 heterocycles. The van der Waals surface area contributed by atoms with Crippen molar-refractivity contribution < 1.29 is 4.74 Å². The van der Waals surface area contributed by atoms with E-state index in [4.69, 9.17) is 16.3 Å². The van der Waals surface area contributed by atoms with E-state index in [0.29, 0.717) is 10.2 Å². The zero-order valence-electron chi connectivity index (χ0n) is 8.53. The van der Waals surface area contributed by atoms with E-state index < -0.39 is 0 Å². The molecule has 2 nitrogen and oxygen atoms in total. The number of methoxy groups -OCH3 is 1. The van der Waals surface area contributed by atoms with E-state index in [1.807, 2.05) is 29.6 Å². The first-order valence-corrected chi connectivity index (χ1v) is 5.81. The highest BCUT2D eigenvalue weighted by Gasteiger charge is 1.95. The summed E-state index contributed by atoms with van der Waals surface area (Å²) in [5, 5.41) is 1.83. The van der Waals surface area contributed by atoms with Crippen molar-refractivity contribution >= 4 is 22.9 Å². The van der Waals surface area contributed by atoms with Gasteiger partial charge in [-0.2, -0.15) is 0 Å². The molecule has 0 saturated carbocycles.